The van der Waals surface area contributed by atoms with Gasteiger partial charge in [0.05, 0.1) is 5.56 Å². The number of amides is 1. The van der Waals surface area contributed by atoms with Crippen LogP contribution in [0.25, 0.3) is 0 Å². The van der Waals surface area contributed by atoms with Gasteiger partial charge in [0.25, 0.3) is 5.91 Å². The molecule has 0 saturated heterocycles. The molecule has 0 spiro atoms. The van der Waals surface area contributed by atoms with Gasteiger partial charge < -0.3 is 9.80 Å². The van der Waals surface area contributed by atoms with E-state index in [1.165, 1.54) is 5.56 Å². The number of hydrogen-bond donors (Lipinski definition) is 0. The number of benzene rings is 1. The van der Waals surface area contributed by atoms with Crippen molar-refractivity contribution in [2.45, 2.75) is 13.3 Å². The molecular formula is C13H20N2O. The molecule has 3 nitrogen and oxygen atoms in total. The highest BCUT2D eigenvalue weighted by Gasteiger charge is 2.14. The van der Waals surface area contributed by atoms with E-state index in [2.05, 4.69) is 13.0 Å². The van der Waals surface area contributed by atoms with Gasteiger partial charge in [-0.05, 0) is 24.1 Å². The van der Waals surface area contributed by atoms with E-state index in [1.54, 1.807) is 19.0 Å². The minimum atomic E-state index is 0.0546. The van der Waals surface area contributed by atoms with Crippen LogP contribution in [0.15, 0.2) is 18.2 Å². The van der Waals surface area contributed by atoms with Gasteiger partial charge in [0.2, 0.25) is 0 Å². The van der Waals surface area contributed by atoms with E-state index in [9.17, 15) is 4.79 Å². The van der Waals surface area contributed by atoms with Crippen LogP contribution >= 0.6 is 0 Å². The van der Waals surface area contributed by atoms with Gasteiger partial charge in [-0.2, -0.15) is 0 Å². The van der Waals surface area contributed by atoms with Gasteiger partial charge in [-0.3, -0.25) is 4.79 Å². The zero-order chi connectivity index (χ0) is 12.3. The van der Waals surface area contributed by atoms with Gasteiger partial charge in [0.15, 0.2) is 0 Å². The Labute approximate surface area is 97.7 Å². The topological polar surface area (TPSA) is 23.6 Å². The normalized spacial score (nSPS) is 10.1. The van der Waals surface area contributed by atoms with Crippen molar-refractivity contribution >= 4 is 11.6 Å². The first-order chi connectivity index (χ1) is 7.47. The zero-order valence-electron chi connectivity index (χ0n) is 10.7. The Kier molecular flexibility index (Phi) is 3.93. The first-order valence-electron chi connectivity index (χ1n) is 5.49. The SMILES string of the molecule is CCc1ccc(N(C)C)c(C(=O)N(C)C)c1. The summed E-state index contributed by atoms with van der Waals surface area (Å²) in [5, 5.41) is 0. The van der Waals surface area contributed by atoms with Crippen molar-refractivity contribution in [3.8, 4) is 0 Å². The molecule has 0 aromatic heterocycles. The molecule has 0 saturated carbocycles. The summed E-state index contributed by atoms with van der Waals surface area (Å²) in [5.41, 5.74) is 2.93. The number of carbonyl (C=O) groups excluding carboxylic acids is 1. The molecule has 16 heavy (non-hydrogen) atoms. The Hall–Kier alpha value is -1.51. The predicted octanol–water partition coefficient (Wildman–Crippen LogP) is 2.02. The smallest absolute Gasteiger partial charge is 0.255 e. The van der Waals surface area contributed by atoms with Crippen LogP contribution in [0, 0.1) is 0 Å². The third kappa shape index (κ3) is 2.54. The molecule has 0 atom stereocenters. The van der Waals surface area contributed by atoms with Crippen molar-refractivity contribution < 1.29 is 4.79 Å². The molecule has 3 heteroatoms. The maximum Gasteiger partial charge on any atom is 0.255 e. The number of carbonyl (C=O) groups is 1. The zero-order valence-corrected chi connectivity index (χ0v) is 10.7. The van der Waals surface area contributed by atoms with Crippen molar-refractivity contribution in [3.05, 3.63) is 29.3 Å². The summed E-state index contributed by atoms with van der Waals surface area (Å²) in [5.74, 6) is 0.0546. The fourth-order valence-electron chi connectivity index (χ4n) is 1.61. The number of aryl methyl sites for hydroxylation is 1. The van der Waals surface area contributed by atoms with Crippen molar-refractivity contribution in [3.63, 3.8) is 0 Å². The molecule has 0 aliphatic carbocycles. The average molecular weight is 220 g/mol. The highest BCUT2D eigenvalue weighted by molar-refractivity contribution is 5.99. The number of anilines is 1. The Morgan fingerprint density at radius 2 is 1.81 bits per heavy atom. The van der Waals surface area contributed by atoms with E-state index in [1.807, 2.05) is 31.1 Å². The van der Waals surface area contributed by atoms with Gasteiger partial charge >= 0.3 is 0 Å². The lowest BCUT2D eigenvalue weighted by molar-refractivity contribution is 0.0828. The molecule has 0 aliphatic rings. The molecule has 0 bridgehead atoms. The maximum atomic E-state index is 12.0. The molecule has 1 aromatic rings. The molecule has 1 rings (SSSR count). The summed E-state index contributed by atoms with van der Waals surface area (Å²) < 4.78 is 0. The van der Waals surface area contributed by atoms with Crippen molar-refractivity contribution in [1.82, 2.24) is 4.90 Å². The predicted molar refractivity (Wildman–Crippen MR) is 68.2 cm³/mol. The fraction of sp³-hybridized carbons (Fsp3) is 0.462. The molecule has 0 aliphatic heterocycles. The van der Waals surface area contributed by atoms with Crippen LogP contribution in [0.5, 0.6) is 0 Å². The van der Waals surface area contributed by atoms with Crippen LogP contribution in [0.4, 0.5) is 5.69 Å². The molecule has 1 amide bonds. The summed E-state index contributed by atoms with van der Waals surface area (Å²) in [7, 11) is 7.46. The van der Waals surface area contributed by atoms with Crippen LogP contribution in [-0.2, 0) is 6.42 Å². The number of rotatable bonds is 3. The lowest BCUT2D eigenvalue weighted by Crippen LogP contribution is -2.24. The van der Waals surface area contributed by atoms with E-state index < -0.39 is 0 Å². The molecule has 0 heterocycles. The molecule has 0 unspecified atom stereocenters. The van der Waals surface area contributed by atoms with Crippen LogP contribution in [0.2, 0.25) is 0 Å². The van der Waals surface area contributed by atoms with Gasteiger partial charge in [-0.15, -0.1) is 0 Å². The summed E-state index contributed by atoms with van der Waals surface area (Å²) >= 11 is 0. The van der Waals surface area contributed by atoms with Gasteiger partial charge in [0, 0.05) is 33.9 Å². The molecule has 0 radical (unpaired) electrons. The third-order valence-corrected chi connectivity index (χ3v) is 2.59. The lowest BCUT2D eigenvalue weighted by Gasteiger charge is -2.20. The Morgan fingerprint density at radius 3 is 2.25 bits per heavy atom. The monoisotopic (exact) mass is 220 g/mol. The minimum absolute atomic E-state index is 0.0546. The van der Waals surface area contributed by atoms with Crippen molar-refractivity contribution in [2.75, 3.05) is 33.1 Å². The molecule has 1 aromatic carbocycles. The fourth-order valence-corrected chi connectivity index (χ4v) is 1.61. The second kappa shape index (κ2) is 5.01. The minimum Gasteiger partial charge on any atom is -0.377 e. The van der Waals surface area contributed by atoms with E-state index in [4.69, 9.17) is 0 Å². The lowest BCUT2D eigenvalue weighted by atomic mass is 10.1. The van der Waals surface area contributed by atoms with Gasteiger partial charge in [-0.1, -0.05) is 13.0 Å². The summed E-state index contributed by atoms with van der Waals surface area (Å²) in [6.07, 6.45) is 0.946. The van der Waals surface area contributed by atoms with E-state index in [0.29, 0.717) is 0 Å². The molecule has 0 fully saturated rings. The van der Waals surface area contributed by atoms with Crippen LogP contribution in [-0.4, -0.2) is 39.0 Å². The Bertz CT molecular complexity index is 384. The quantitative estimate of drug-likeness (QED) is 0.778. The first kappa shape index (κ1) is 12.6. The summed E-state index contributed by atoms with van der Waals surface area (Å²) in [6, 6.07) is 6.06. The molecule has 88 valence electrons. The summed E-state index contributed by atoms with van der Waals surface area (Å²) in [6.45, 7) is 2.09. The third-order valence-electron chi connectivity index (χ3n) is 2.59. The van der Waals surface area contributed by atoms with E-state index in [-0.39, 0.29) is 5.91 Å². The highest BCUT2D eigenvalue weighted by atomic mass is 16.2. The standard InChI is InChI=1S/C13H20N2O/c1-6-10-7-8-12(14(2)3)11(9-10)13(16)15(4)5/h7-9H,6H2,1-5H3. The second-order valence-electron chi connectivity index (χ2n) is 4.30. The number of nitrogens with zero attached hydrogens (tertiary/aromatic N) is 2. The van der Waals surface area contributed by atoms with Crippen LogP contribution < -0.4 is 4.90 Å². The van der Waals surface area contributed by atoms with Crippen molar-refractivity contribution in [1.29, 1.82) is 0 Å². The first-order valence-corrected chi connectivity index (χ1v) is 5.49. The Balaban J connectivity index is 3.25. The Morgan fingerprint density at radius 1 is 1.19 bits per heavy atom. The van der Waals surface area contributed by atoms with E-state index in [0.717, 1.165) is 17.7 Å². The van der Waals surface area contributed by atoms with Crippen LogP contribution in [0.3, 0.4) is 0 Å². The maximum absolute atomic E-state index is 12.0. The largest absolute Gasteiger partial charge is 0.377 e. The van der Waals surface area contributed by atoms with Gasteiger partial charge in [-0.25, -0.2) is 0 Å². The number of hydrogen-bond acceptors (Lipinski definition) is 2. The van der Waals surface area contributed by atoms with E-state index >= 15 is 0 Å². The second-order valence-corrected chi connectivity index (χ2v) is 4.30. The molecule has 0 N–H and O–H groups in total. The summed E-state index contributed by atoms with van der Waals surface area (Å²) in [4.78, 5) is 15.6. The van der Waals surface area contributed by atoms with Gasteiger partial charge in [0.1, 0.15) is 0 Å². The van der Waals surface area contributed by atoms with Crippen LogP contribution in [0.1, 0.15) is 22.8 Å². The molecular weight excluding hydrogens is 200 g/mol. The average Bonchev–Trinajstić information content (AvgIpc) is 2.26. The highest BCUT2D eigenvalue weighted by Crippen LogP contribution is 2.21. The van der Waals surface area contributed by atoms with Crippen molar-refractivity contribution in [2.24, 2.45) is 0 Å².